The average Bonchev–Trinajstić information content (AvgIpc) is 3.27. The number of hydrogen-bond acceptors (Lipinski definition) is 3. The van der Waals surface area contributed by atoms with Crippen LogP contribution in [0.25, 0.3) is 0 Å². The van der Waals surface area contributed by atoms with Crippen LogP contribution in [0, 0.1) is 34.5 Å². The smallest absolute Gasteiger partial charge is 0.173 e. The van der Waals surface area contributed by atoms with Crippen molar-refractivity contribution in [2.75, 3.05) is 0 Å². The maximum Gasteiger partial charge on any atom is 0.173 e. The summed E-state index contributed by atoms with van der Waals surface area (Å²) >= 11 is 0. The second-order valence-corrected chi connectivity index (χ2v) is 9.80. The Kier molecular flexibility index (Phi) is 2.87. The summed E-state index contributed by atoms with van der Waals surface area (Å²) in [6, 6.07) is 0. The zero-order valence-electron chi connectivity index (χ0n) is 15.3. The molecule has 0 aromatic heterocycles. The summed E-state index contributed by atoms with van der Waals surface area (Å²) in [6.07, 6.45) is 1.78. The number of alkyl halides is 1. The molecular weight excluding hydrogens is 319 g/mol. The van der Waals surface area contributed by atoms with Crippen molar-refractivity contribution < 1.29 is 18.7 Å². The first-order valence-electron chi connectivity index (χ1n) is 9.75. The monoisotopic (exact) mass is 346 g/mol. The van der Waals surface area contributed by atoms with Crippen LogP contribution in [0.4, 0.5) is 4.39 Å². The molecule has 2 unspecified atom stereocenters. The zero-order chi connectivity index (χ0) is 17.9. The molecule has 1 saturated heterocycles. The fraction of sp³-hybridized carbons (Fsp3) is 0.810. The van der Waals surface area contributed by atoms with Crippen molar-refractivity contribution >= 4 is 11.6 Å². The minimum absolute atomic E-state index is 0.0988. The van der Waals surface area contributed by atoms with E-state index in [4.69, 9.17) is 4.74 Å². The molecule has 9 atom stereocenters. The molecule has 4 heteroatoms. The van der Waals surface area contributed by atoms with Crippen LogP contribution in [0.15, 0.2) is 12.2 Å². The van der Waals surface area contributed by atoms with Gasteiger partial charge in [-0.1, -0.05) is 27.4 Å². The van der Waals surface area contributed by atoms with E-state index in [1.807, 2.05) is 6.92 Å². The molecule has 0 amide bonds. The second-order valence-electron chi connectivity index (χ2n) is 9.80. The number of ether oxygens (including phenoxy) is 1. The number of fused-ring (bicyclic) bond motifs is 4. The molecule has 5 rings (SSSR count). The maximum absolute atomic E-state index is 14.3. The molecule has 1 spiro atoms. The molecule has 0 bridgehead atoms. The van der Waals surface area contributed by atoms with E-state index in [9.17, 15) is 14.0 Å². The van der Waals surface area contributed by atoms with Crippen molar-refractivity contribution in [3.63, 3.8) is 0 Å². The van der Waals surface area contributed by atoms with E-state index in [0.717, 1.165) is 24.8 Å². The largest absolute Gasteiger partial charge is 0.352 e. The van der Waals surface area contributed by atoms with Gasteiger partial charge in [0.05, 0.1) is 0 Å². The summed E-state index contributed by atoms with van der Waals surface area (Å²) in [5, 5.41) is 0. The van der Waals surface area contributed by atoms with Gasteiger partial charge in [-0.15, -0.1) is 0 Å². The van der Waals surface area contributed by atoms with E-state index < -0.39 is 17.2 Å². The molecule has 25 heavy (non-hydrogen) atoms. The molecule has 0 aromatic carbocycles. The normalized spacial score (nSPS) is 59.8. The number of carbonyl (C=O) groups is 2. The van der Waals surface area contributed by atoms with Gasteiger partial charge in [0.2, 0.25) is 0 Å². The number of epoxide rings is 1. The van der Waals surface area contributed by atoms with Gasteiger partial charge in [0.15, 0.2) is 23.8 Å². The number of hydrogen-bond donors (Lipinski definition) is 0. The number of Topliss-reactive ketones (excluding diaryl/α,β-unsaturated/α-hetero) is 2. The summed E-state index contributed by atoms with van der Waals surface area (Å²) in [4.78, 5) is 24.9. The molecule has 136 valence electrons. The quantitative estimate of drug-likeness (QED) is 0.497. The molecule has 4 saturated carbocycles. The maximum atomic E-state index is 14.3. The highest BCUT2D eigenvalue weighted by Crippen LogP contribution is 2.74. The summed E-state index contributed by atoms with van der Waals surface area (Å²) < 4.78 is 20.4. The van der Waals surface area contributed by atoms with Gasteiger partial charge in [-0.2, -0.15) is 0 Å². The van der Waals surface area contributed by atoms with Gasteiger partial charge in [0.25, 0.3) is 0 Å². The van der Waals surface area contributed by atoms with Crippen LogP contribution in [-0.4, -0.2) is 29.4 Å². The lowest BCUT2D eigenvalue weighted by atomic mass is 9.42. The highest BCUT2D eigenvalue weighted by molar-refractivity contribution is 5.92. The molecule has 5 fully saturated rings. The summed E-state index contributed by atoms with van der Waals surface area (Å²) in [5.74, 6) is 1.02. The van der Waals surface area contributed by atoms with Crippen molar-refractivity contribution in [3.8, 4) is 0 Å². The Balaban J connectivity index is 1.60. The van der Waals surface area contributed by atoms with E-state index >= 15 is 0 Å². The minimum atomic E-state index is -1.30. The second kappa shape index (κ2) is 4.44. The summed E-state index contributed by atoms with van der Waals surface area (Å²) in [7, 11) is 0. The van der Waals surface area contributed by atoms with Gasteiger partial charge in [-0.3, -0.25) is 9.59 Å². The van der Waals surface area contributed by atoms with Crippen LogP contribution in [0.2, 0.25) is 0 Å². The lowest BCUT2D eigenvalue weighted by Gasteiger charge is -2.60. The number of halogens is 1. The molecule has 1 heterocycles. The molecule has 0 N–H and O–H groups in total. The van der Waals surface area contributed by atoms with Crippen molar-refractivity contribution in [2.24, 2.45) is 34.5 Å². The van der Waals surface area contributed by atoms with E-state index in [-0.39, 0.29) is 40.8 Å². The molecule has 4 aliphatic carbocycles. The predicted octanol–water partition coefficient (Wildman–Crippen LogP) is 3.66. The third-order valence-corrected chi connectivity index (χ3v) is 9.15. The number of rotatable bonds is 0. The topological polar surface area (TPSA) is 46.7 Å². The zero-order valence-corrected chi connectivity index (χ0v) is 15.3. The lowest BCUT2D eigenvalue weighted by Crippen LogP contribution is -2.61. The third-order valence-electron chi connectivity index (χ3n) is 9.15. The SMILES string of the molecule is C=C1C[C@@H]2[C@H](CC[C@]3(C)C(=O)[C@H](F)C[C@@H]23)[C@@]2(C)[C@H](C)CC(=O)C3OC132. The first-order valence-corrected chi connectivity index (χ1v) is 9.75. The molecular formula is C21H27FO3. The van der Waals surface area contributed by atoms with Gasteiger partial charge in [0, 0.05) is 17.3 Å². The first-order chi connectivity index (χ1) is 11.7. The Morgan fingerprint density at radius 3 is 2.64 bits per heavy atom. The molecule has 3 nitrogen and oxygen atoms in total. The summed E-state index contributed by atoms with van der Waals surface area (Å²) in [5.41, 5.74) is -0.127. The van der Waals surface area contributed by atoms with Crippen LogP contribution in [0.5, 0.6) is 0 Å². The van der Waals surface area contributed by atoms with Gasteiger partial charge < -0.3 is 4.74 Å². The Labute approximate surface area is 148 Å². The highest BCUT2D eigenvalue weighted by atomic mass is 19.1. The van der Waals surface area contributed by atoms with Gasteiger partial charge in [-0.25, -0.2) is 4.39 Å². The molecule has 1 aliphatic heterocycles. The van der Waals surface area contributed by atoms with Gasteiger partial charge in [-0.05, 0) is 54.9 Å². The van der Waals surface area contributed by atoms with E-state index in [2.05, 4.69) is 20.4 Å². The van der Waals surface area contributed by atoms with Crippen LogP contribution < -0.4 is 0 Å². The predicted molar refractivity (Wildman–Crippen MR) is 90.6 cm³/mol. The first kappa shape index (κ1) is 16.2. The Hall–Kier alpha value is -1.03. The Morgan fingerprint density at radius 1 is 1.20 bits per heavy atom. The van der Waals surface area contributed by atoms with Crippen molar-refractivity contribution in [1.29, 1.82) is 0 Å². The fourth-order valence-electron chi connectivity index (χ4n) is 7.63. The van der Waals surface area contributed by atoms with Crippen LogP contribution in [0.1, 0.15) is 52.9 Å². The van der Waals surface area contributed by atoms with E-state index in [0.29, 0.717) is 18.8 Å². The third kappa shape index (κ3) is 1.54. The average molecular weight is 346 g/mol. The van der Waals surface area contributed by atoms with Gasteiger partial charge in [0.1, 0.15) is 5.60 Å². The fourth-order valence-corrected chi connectivity index (χ4v) is 7.63. The van der Waals surface area contributed by atoms with Crippen LogP contribution >= 0.6 is 0 Å². The van der Waals surface area contributed by atoms with Crippen molar-refractivity contribution in [2.45, 2.75) is 70.8 Å². The lowest BCUT2D eigenvalue weighted by molar-refractivity contribution is -0.142. The molecule has 5 aliphatic rings. The van der Waals surface area contributed by atoms with Crippen molar-refractivity contribution in [3.05, 3.63) is 12.2 Å². The Morgan fingerprint density at radius 2 is 1.92 bits per heavy atom. The summed E-state index contributed by atoms with van der Waals surface area (Å²) in [6.45, 7) is 10.8. The van der Waals surface area contributed by atoms with E-state index in [1.165, 1.54) is 0 Å². The number of ketones is 2. The minimum Gasteiger partial charge on any atom is -0.352 e. The van der Waals surface area contributed by atoms with Gasteiger partial charge >= 0.3 is 0 Å². The standard InChI is InChI=1S/C21H27FO3/c1-10-8-16(23)18-21(25-18)11(2)7-12-13(20(10,21)4)5-6-19(3)14(12)9-15(22)17(19)24/h10,12-15,18H,2,5-9H2,1,3-4H3/t10-,12-,13+,14+,15-,18?,19+,20-,21?/m1/s1. The number of carbonyl (C=O) groups excluding carboxylic acids is 2. The van der Waals surface area contributed by atoms with Crippen molar-refractivity contribution in [1.82, 2.24) is 0 Å². The van der Waals surface area contributed by atoms with Crippen LogP contribution in [0.3, 0.4) is 0 Å². The highest BCUT2D eigenvalue weighted by Gasteiger charge is 2.80. The van der Waals surface area contributed by atoms with E-state index in [1.54, 1.807) is 0 Å². The molecule has 0 aromatic rings. The molecule has 0 radical (unpaired) electrons. The van der Waals surface area contributed by atoms with Crippen LogP contribution in [-0.2, 0) is 14.3 Å². The Bertz CT molecular complexity index is 716.